The van der Waals surface area contributed by atoms with E-state index in [1.54, 1.807) is 19.2 Å². The molecule has 0 saturated heterocycles. The van der Waals surface area contributed by atoms with E-state index in [1.165, 1.54) is 10.9 Å². The number of nitrogens with one attached hydrogen (secondary N) is 1. The second-order valence-electron chi connectivity index (χ2n) is 3.42. The Balaban J connectivity index is 2.60. The summed E-state index contributed by atoms with van der Waals surface area (Å²) in [4.78, 5) is 4.10. The molecule has 0 fully saturated rings. The Labute approximate surface area is 108 Å². The highest BCUT2D eigenvalue weighted by atomic mass is 35.5. The number of rotatable bonds is 2. The third-order valence-electron chi connectivity index (χ3n) is 2.22. The zero-order valence-corrected chi connectivity index (χ0v) is 10.4. The van der Waals surface area contributed by atoms with Crippen molar-refractivity contribution in [3.63, 3.8) is 0 Å². The molecule has 0 spiro atoms. The van der Waals surface area contributed by atoms with Crippen molar-refractivity contribution in [3.8, 4) is 5.82 Å². The molecule has 0 amide bonds. The van der Waals surface area contributed by atoms with Crippen molar-refractivity contribution >= 4 is 29.0 Å². The van der Waals surface area contributed by atoms with Crippen LogP contribution in [0, 0.1) is 12.3 Å². The molecule has 17 heavy (non-hydrogen) atoms. The monoisotopic (exact) mass is 269 g/mol. The van der Waals surface area contributed by atoms with E-state index in [4.69, 9.17) is 34.3 Å². The first-order chi connectivity index (χ1) is 8.00. The van der Waals surface area contributed by atoms with Crippen molar-refractivity contribution < 1.29 is 0 Å². The van der Waals surface area contributed by atoms with Gasteiger partial charge in [0.15, 0.2) is 5.82 Å². The van der Waals surface area contributed by atoms with Crippen LogP contribution in [0.4, 0.5) is 0 Å². The maximum Gasteiger partial charge on any atom is 0.172 e. The van der Waals surface area contributed by atoms with E-state index >= 15 is 0 Å². The van der Waals surface area contributed by atoms with Crippen molar-refractivity contribution in [1.29, 1.82) is 5.41 Å². The van der Waals surface area contributed by atoms with Gasteiger partial charge in [0, 0.05) is 11.8 Å². The lowest BCUT2D eigenvalue weighted by molar-refractivity contribution is 0.832. The molecule has 0 aliphatic heterocycles. The lowest BCUT2D eigenvalue weighted by Gasteiger charge is -2.06. The van der Waals surface area contributed by atoms with Crippen LogP contribution in [0.1, 0.15) is 11.3 Å². The summed E-state index contributed by atoms with van der Waals surface area (Å²) in [6, 6.07) is 1.58. The Morgan fingerprint density at radius 3 is 2.71 bits per heavy atom. The molecule has 3 N–H and O–H groups in total. The Hall–Kier alpha value is -1.59. The second-order valence-corrected chi connectivity index (χ2v) is 4.20. The number of aromatic nitrogens is 3. The maximum absolute atomic E-state index is 7.39. The van der Waals surface area contributed by atoms with Crippen LogP contribution in [0.2, 0.25) is 10.0 Å². The summed E-state index contributed by atoms with van der Waals surface area (Å²) >= 11 is 12.0. The number of amidine groups is 1. The lowest BCUT2D eigenvalue weighted by Crippen LogP contribution is -2.13. The van der Waals surface area contributed by atoms with Gasteiger partial charge in [-0.2, -0.15) is 5.10 Å². The molecule has 88 valence electrons. The van der Waals surface area contributed by atoms with Crippen molar-refractivity contribution in [2.24, 2.45) is 5.73 Å². The fourth-order valence-corrected chi connectivity index (χ4v) is 1.78. The number of aryl methyl sites for hydroxylation is 1. The minimum Gasteiger partial charge on any atom is -0.384 e. The zero-order valence-electron chi connectivity index (χ0n) is 8.91. The smallest absolute Gasteiger partial charge is 0.172 e. The Bertz CT molecular complexity index is 571. The van der Waals surface area contributed by atoms with Gasteiger partial charge in [0.2, 0.25) is 0 Å². The summed E-state index contributed by atoms with van der Waals surface area (Å²) < 4.78 is 1.46. The largest absolute Gasteiger partial charge is 0.384 e. The number of hydrogen-bond donors (Lipinski definition) is 2. The van der Waals surface area contributed by atoms with Gasteiger partial charge in [-0.3, -0.25) is 5.41 Å². The SMILES string of the molecule is Cc1nn(-c2nccc(C(=N)N)c2Cl)cc1Cl. The summed E-state index contributed by atoms with van der Waals surface area (Å²) in [5.74, 6) is 0.281. The highest BCUT2D eigenvalue weighted by Crippen LogP contribution is 2.23. The van der Waals surface area contributed by atoms with E-state index < -0.39 is 0 Å². The predicted molar refractivity (Wildman–Crippen MR) is 67.1 cm³/mol. The fraction of sp³-hybridized carbons (Fsp3) is 0.100. The second kappa shape index (κ2) is 4.35. The summed E-state index contributed by atoms with van der Waals surface area (Å²) in [7, 11) is 0. The fourth-order valence-electron chi connectivity index (χ4n) is 1.35. The molecule has 2 heterocycles. The molecule has 7 heteroatoms. The van der Waals surface area contributed by atoms with Gasteiger partial charge in [-0.05, 0) is 13.0 Å². The first-order valence-corrected chi connectivity index (χ1v) is 5.47. The van der Waals surface area contributed by atoms with Crippen molar-refractivity contribution in [3.05, 3.63) is 39.8 Å². The number of nitrogens with two attached hydrogens (primary N) is 1. The highest BCUT2D eigenvalue weighted by Gasteiger charge is 2.13. The molecule has 0 radical (unpaired) electrons. The molecule has 0 bridgehead atoms. The Morgan fingerprint density at radius 2 is 2.18 bits per heavy atom. The van der Waals surface area contributed by atoms with Crippen LogP contribution in [0.5, 0.6) is 0 Å². The van der Waals surface area contributed by atoms with Crippen LogP contribution in [0.25, 0.3) is 5.82 Å². The molecular formula is C10H9Cl2N5. The Kier molecular flexibility index (Phi) is 3.04. The molecule has 0 unspecified atom stereocenters. The van der Waals surface area contributed by atoms with Gasteiger partial charge in [-0.1, -0.05) is 23.2 Å². The maximum atomic E-state index is 7.39. The van der Waals surface area contributed by atoms with E-state index in [0.717, 1.165) is 0 Å². The first-order valence-electron chi connectivity index (χ1n) is 4.71. The molecular weight excluding hydrogens is 261 g/mol. The van der Waals surface area contributed by atoms with Crippen LogP contribution in [-0.4, -0.2) is 20.6 Å². The third-order valence-corrected chi connectivity index (χ3v) is 2.96. The van der Waals surface area contributed by atoms with E-state index in [0.29, 0.717) is 22.1 Å². The summed E-state index contributed by atoms with van der Waals surface area (Å²) in [6.45, 7) is 1.78. The molecule has 0 saturated carbocycles. The van der Waals surface area contributed by atoms with Crippen molar-refractivity contribution in [1.82, 2.24) is 14.8 Å². The normalized spacial score (nSPS) is 10.5. The van der Waals surface area contributed by atoms with Crippen LogP contribution >= 0.6 is 23.2 Å². The average molecular weight is 270 g/mol. The Morgan fingerprint density at radius 1 is 1.47 bits per heavy atom. The average Bonchev–Trinajstić information content (AvgIpc) is 2.59. The van der Waals surface area contributed by atoms with Gasteiger partial charge in [-0.15, -0.1) is 0 Å². The van der Waals surface area contributed by atoms with E-state index in [2.05, 4.69) is 10.1 Å². The third kappa shape index (κ3) is 2.11. The van der Waals surface area contributed by atoms with Gasteiger partial charge < -0.3 is 5.73 Å². The topological polar surface area (TPSA) is 80.6 Å². The van der Waals surface area contributed by atoms with Gasteiger partial charge in [-0.25, -0.2) is 9.67 Å². The number of nitrogen functional groups attached to an aromatic ring is 1. The van der Waals surface area contributed by atoms with E-state index in [-0.39, 0.29) is 10.9 Å². The van der Waals surface area contributed by atoms with Gasteiger partial charge in [0.1, 0.15) is 5.84 Å². The quantitative estimate of drug-likeness (QED) is 0.648. The molecule has 2 aromatic rings. The van der Waals surface area contributed by atoms with Crippen LogP contribution in [-0.2, 0) is 0 Å². The predicted octanol–water partition coefficient (Wildman–Crippen LogP) is 2.17. The molecule has 0 aliphatic rings. The van der Waals surface area contributed by atoms with Gasteiger partial charge in [0.25, 0.3) is 0 Å². The van der Waals surface area contributed by atoms with Gasteiger partial charge in [0.05, 0.1) is 21.9 Å². The molecule has 2 aromatic heterocycles. The number of hydrogen-bond acceptors (Lipinski definition) is 3. The molecule has 0 aliphatic carbocycles. The van der Waals surface area contributed by atoms with E-state index in [9.17, 15) is 0 Å². The number of nitrogens with zero attached hydrogens (tertiary/aromatic N) is 3. The minimum absolute atomic E-state index is 0.117. The number of pyridine rings is 1. The van der Waals surface area contributed by atoms with E-state index in [1.807, 2.05) is 0 Å². The summed E-state index contributed by atoms with van der Waals surface area (Å²) in [5.41, 5.74) is 6.51. The van der Waals surface area contributed by atoms with Crippen LogP contribution < -0.4 is 5.73 Å². The molecule has 0 aromatic carbocycles. The van der Waals surface area contributed by atoms with Crippen molar-refractivity contribution in [2.75, 3.05) is 0 Å². The lowest BCUT2D eigenvalue weighted by atomic mass is 10.2. The van der Waals surface area contributed by atoms with Gasteiger partial charge >= 0.3 is 0 Å². The zero-order chi connectivity index (χ0) is 12.6. The highest BCUT2D eigenvalue weighted by molar-refractivity contribution is 6.35. The number of halogens is 2. The standard InChI is InChI=1S/C10H9Cl2N5/c1-5-7(11)4-17(16-5)10-8(12)6(9(13)14)2-3-15-10/h2-4H,1H3,(H3,13,14). The minimum atomic E-state index is -0.117. The first kappa shape index (κ1) is 11.9. The van der Waals surface area contributed by atoms with Crippen molar-refractivity contribution in [2.45, 2.75) is 6.92 Å². The molecule has 0 atom stereocenters. The molecule has 2 rings (SSSR count). The van der Waals surface area contributed by atoms with Crippen LogP contribution in [0.3, 0.4) is 0 Å². The summed E-state index contributed by atoms with van der Waals surface area (Å²) in [6.07, 6.45) is 3.12. The summed E-state index contributed by atoms with van der Waals surface area (Å²) in [5, 5.41) is 12.4. The van der Waals surface area contributed by atoms with Crippen LogP contribution in [0.15, 0.2) is 18.5 Å². The molecule has 5 nitrogen and oxygen atoms in total.